The van der Waals surface area contributed by atoms with E-state index >= 15 is 0 Å². The molecular weight excluding hydrogens is 168 g/mol. The Morgan fingerprint density at radius 1 is 1.00 bits per heavy atom. The van der Waals surface area contributed by atoms with Crippen LogP contribution in [-0.2, 0) is 0 Å². The number of hydrogen-bond donors (Lipinski definition) is 0. The zero-order valence-corrected chi connectivity index (χ0v) is 10.1. The molecule has 0 heterocycles. The summed E-state index contributed by atoms with van der Waals surface area (Å²) in [6.45, 7) is 7.33. The highest BCUT2D eigenvalue weighted by Gasteiger charge is 2.37. The molecule has 0 aromatic carbocycles. The minimum Gasteiger partial charge on any atom is -0.0625 e. The quantitative estimate of drug-likeness (QED) is 0.607. The lowest BCUT2D eigenvalue weighted by atomic mass is 9.61. The molecule has 0 aliphatic heterocycles. The molecule has 3 unspecified atom stereocenters. The lowest BCUT2D eigenvalue weighted by Gasteiger charge is -2.45. The van der Waals surface area contributed by atoms with Crippen LogP contribution in [0.4, 0.5) is 0 Å². The third-order valence-electron chi connectivity index (χ3n) is 4.83. The molecule has 14 heavy (non-hydrogen) atoms. The van der Waals surface area contributed by atoms with Crippen LogP contribution in [0.15, 0.2) is 0 Å². The Bertz CT molecular complexity index is 178. The molecule has 82 valence electrons. The topological polar surface area (TPSA) is 0 Å². The first-order valence-electron chi connectivity index (χ1n) is 6.68. The minimum atomic E-state index is 0.924. The Hall–Kier alpha value is 0. The summed E-state index contributed by atoms with van der Waals surface area (Å²) >= 11 is 0. The highest BCUT2D eigenvalue weighted by atomic mass is 14.4. The molecule has 2 aliphatic rings. The van der Waals surface area contributed by atoms with E-state index in [0.717, 1.165) is 29.6 Å². The smallest absolute Gasteiger partial charge is 0.0352 e. The van der Waals surface area contributed by atoms with Crippen LogP contribution in [0.3, 0.4) is 0 Å². The highest BCUT2D eigenvalue weighted by molar-refractivity contribution is 4.88. The Kier molecular flexibility index (Phi) is 3.19. The molecule has 0 nitrogen and oxygen atoms in total. The standard InChI is InChI=1S/C14H26/c1-10(2)13-8-7-11(3)9-14(13)12-5-4-6-12/h10-14H,4-9H2,1-3H3. The van der Waals surface area contributed by atoms with Crippen molar-refractivity contribution < 1.29 is 0 Å². The Labute approximate surface area is 89.5 Å². The lowest BCUT2D eigenvalue weighted by molar-refractivity contribution is 0.0539. The fraction of sp³-hybridized carbons (Fsp3) is 1.00. The molecule has 0 saturated heterocycles. The summed E-state index contributed by atoms with van der Waals surface area (Å²) in [5, 5.41) is 0. The summed E-state index contributed by atoms with van der Waals surface area (Å²) in [7, 11) is 0. The van der Waals surface area contributed by atoms with Gasteiger partial charge in [0.1, 0.15) is 0 Å². The van der Waals surface area contributed by atoms with E-state index in [1.165, 1.54) is 25.7 Å². The molecular formula is C14H26. The molecule has 0 radical (unpaired) electrons. The van der Waals surface area contributed by atoms with Crippen LogP contribution >= 0.6 is 0 Å². The Morgan fingerprint density at radius 3 is 2.21 bits per heavy atom. The van der Waals surface area contributed by atoms with Crippen molar-refractivity contribution in [3.8, 4) is 0 Å². The first-order valence-corrected chi connectivity index (χ1v) is 6.68. The fourth-order valence-corrected chi connectivity index (χ4v) is 3.69. The Balaban J connectivity index is 1.99. The van der Waals surface area contributed by atoms with Crippen LogP contribution in [-0.4, -0.2) is 0 Å². The van der Waals surface area contributed by atoms with Crippen molar-refractivity contribution in [3.63, 3.8) is 0 Å². The fourth-order valence-electron chi connectivity index (χ4n) is 3.69. The lowest BCUT2D eigenvalue weighted by Crippen LogP contribution is -2.35. The summed E-state index contributed by atoms with van der Waals surface area (Å²) < 4.78 is 0. The van der Waals surface area contributed by atoms with Crippen LogP contribution in [0.5, 0.6) is 0 Å². The van der Waals surface area contributed by atoms with Gasteiger partial charge in [0.05, 0.1) is 0 Å². The first-order chi connectivity index (χ1) is 6.68. The van der Waals surface area contributed by atoms with Gasteiger partial charge in [-0.05, 0) is 42.4 Å². The van der Waals surface area contributed by atoms with Gasteiger partial charge in [-0.15, -0.1) is 0 Å². The molecule has 3 atom stereocenters. The van der Waals surface area contributed by atoms with Gasteiger partial charge in [-0.25, -0.2) is 0 Å². The molecule has 0 spiro atoms. The number of rotatable bonds is 2. The molecule has 0 aromatic rings. The maximum Gasteiger partial charge on any atom is -0.0352 e. The largest absolute Gasteiger partial charge is 0.0625 e. The van der Waals surface area contributed by atoms with Gasteiger partial charge in [-0.3, -0.25) is 0 Å². The maximum atomic E-state index is 2.46. The predicted molar refractivity (Wildman–Crippen MR) is 62.2 cm³/mol. The van der Waals surface area contributed by atoms with Gasteiger partial charge in [0.25, 0.3) is 0 Å². The molecule has 0 amide bonds. The molecule has 2 aliphatic carbocycles. The second-order valence-electron chi connectivity index (χ2n) is 6.18. The van der Waals surface area contributed by atoms with Crippen molar-refractivity contribution in [1.82, 2.24) is 0 Å². The molecule has 2 rings (SSSR count). The van der Waals surface area contributed by atoms with E-state index in [4.69, 9.17) is 0 Å². The average Bonchev–Trinajstić information content (AvgIpc) is 2.00. The molecule has 2 saturated carbocycles. The van der Waals surface area contributed by atoms with Gasteiger partial charge >= 0.3 is 0 Å². The molecule has 2 fully saturated rings. The second kappa shape index (κ2) is 4.24. The van der Waals surface area contributed by atoms with E-state index in [0.29, 0.717) is 0 Å². The minimum absolute atomic E-state index is 0.924. The average molecular weight is 194 g/mol. The predicted octanol–water partition coefficient (Wildman–Crippen LogP) is 4.49. The van der Waals surface area contributed by atoms with Crippen molar-refractivity contribution >= 4 is 0 Å². The third kappa shape index (κ3) is 1.99. The normalized spacial score (nSPS) is 39.9. The van der Waals surface area contributed by atoms with Crippen LogP contribution in [0.2, 0.25) is 0 Å². The van der Waals surface area contributed by atoms with Crippen molar-refractivity contribution in [2.75, 3.05) is 0 Å². The van der Waals surface area contributed by atoms with Gasteiger partial charge in [0.15, 0.2) is 0 Å². The molecule has 0 N–H and O–H groups in total. The summed E-state index contributed by atoms with van der Waals surface area (Å²) in [5.74, 6) is 5.19. The summed E-state index contributed by atoms with van der Waals surface area (Å²) in [5.41, 5.74) is 0. The van der Waals surface area contributed by atoms with E-state index < -0.39 is 0 Å². The van der Waals surface area contributed by atoms with Gasteiger partial charge in [-0.1, -0.05) is 46.5 Å². The SMILES string of the molecule is CC1CCC(C(C)C)C(C2CCC2)C1. The molecule has 0 aromatic heterocycles. The van der Waals surface area contributed by atoms with E-state index in [-0.39, 0.29) is 0 Å². The monoisotopic (exact) mass is 194 g/mol. The summed E-state index contributed by atoms with van der Waals surface area (Å²) in [4.78, 5) is 0. The highest BCUT2D eigenvalue weighted by Crippen LogP contribution is 2.47. The van der Waals surface area contributed by atoms with Gasteiger partial charge < -0.3 is 0 Å². The van der Waals surface area contributed by atoms with Gasteiger partial charge in [-0.2, -0.15) is 0 Å². The van der Waals surface area contributed by atoms with Crippen LogP contribution < -0.4 is 0 Å². The van der Waals surface area contributed by atoms with Crippen molar-refractivity contribution in [2.24, 2.45) is 29.6 Å². The Morgan fingerprint density at radius 2 is 1.71 bits per heavy atom. The zero-order chi connectivity index (χ0) is 10.1. The van der Waals surface area contributed by atoms with Crippen LogP contribution in [0.25, 0.3) is 0 Å². The van der Waals surface area contributed by atoms with E-state index in [2.05, 4.69) is 20.8 Å². The first kappa shape index (κ1) is 10.5. The van der Waals surface area contributed by atoms with Crippen molar-refractivity contribution in [2.45, 2.75) is 59.3 Å². The summed E-state index contributed by atoms with van der Waals surface area (Å²) in [6, 6.07) is 0. The molecule has 0 heteroatoms. The van der Waals surface area contributed by atoms with E-state index in [1.54, 1.807) is 12.8 Å². The van der Waals surface area contributed by atoms with Gasteiger partial charge in [0, 0.05) is 0 Å². The maximum absolute atomic E-state index is 2.46. The van der Waals surface area contributed by atoms with Crippen molar-refractivity contribution in [1.29, 1.82) is 0 Å². The van der Waals surface area contributed by atoms with Crippen molar-refractivity contribution in [3.05, 3.63) is 0 Å². The number of hydrogen-bond acceptors (Lipinski definition) is 0. The second-order valence-corrected chi connectivity index (χ2v) is 6.18. The van der Waals surface area contributed by atoms with Gasteiger partial charge in [0.2, 0.25) is 0 Å². The summed E-state index contributed by atoms with van der Waals surface area (Å²) in [6.07, 6.45) is 9.14. The third-order valence-corrected chi connectivity index (χ3v) is 4.83. The van der Waals surface area contributed by atoms with E-state index in [9.17, 15) is 0 Å². The molecule has 0 bridgehead atoms. The van der Waals surface area contributed by atoms with Crippen LogP contribution in [0, 0.1) is 29.6 Å². The van der Waals surface area contributed by atoms with E-state index in [1.807, 2.05) is 0 Å². The zero-order valence-electron chi connectivity index (χ0n) is 10.1. The van der Waals surface area contributed by atoms with Crippen LogP contribution in [0.1, 0.15) is 59.3 Å².